The van der Waals surface area contributed by atoms with Crippen LogP contribution in [0.3, 0.4) is 0 Å². The molecule has 2 amide bonds. The van der Waals surface area contributed by atoms with Crippen LogP contribution in [0.2, 0.25) is 0 Å². The maximum Gasteiger partial charge on any atom is 0.410 e. The summed E-state index contributed by atoms with van der Waals surface area (Å²) in [6.07, 6.45) is 3.44. The Morgan fingerprint density at radius 1 is 0.871 bits per heavy atom. The average molecular weight is 840 g/mol. The van der Waals surface area contributed by atoms with E-state index in [0.29, 0.717) is 75.7 Å². The number of hydrogen-bond donors (Lipinski definition) is 2. The van der Waals surface area contributed by atoms with E-state index in [9.17, 15) is 9.59 Å². The molecule has 0 spiro atoms. The molecule has 0 unspecified atom stereocenters. The van der Waals surface area contributed by atoms with Crippen molar-refractivity contribution in [3.05, 3.63) is 125 Å². The Bertz CT molecular complexity index is 2320. The second-order valence-electron chi connectivity index (χ2n) is 17.1. The highest BCUT2D eigenvalue weighted by molar-refractivity contribution is 6.08. The maximum atomic E-state index is 14.6. The largest absolute Gasteiger partial charge is 0.473 e. The van der Waals surface area contributed by atoms with Crippen LogP contribution >= 0.6 is 0 Å². The first-order chi connectivity index (χ1) is 29.9. The summed E-state index contributed by atoms with van der Waals surface area (Å²) in [6, 6.07) is 28.5. The molecule has 12 heteroatoms. The third-order valence-electron chi connectivity index (χ3n) is 11.5. The lowest BCUT2D eigenvalue weighted by atomic mass is 9.95. The van der Waals surface area contributed by atoms with E-state index >= 15 is 0 Å². The molecule has 0 saturated carbocycles. The number of amides is 2. The summed E-state index contributed by atoms with van der Waals surface area (Å²) >= 11 is 0. The van der Waals surface area contributed by atoms with E-state index in [-0.39, 0.29) is 12.0 Å². The van der Waals surface area contributed by atoms with Crippen LogP contribution in [0.5, 0.6) is 5.88 Å². The minimum atomic E-state index is -0.536. The molecular weight excluding hydrogens is 779 g/mol. The van der Waals surface area contributed by atoms with Crippen LogP contribution < -0.4 is 25.2 Å². The highest BCUT2D eigenvalue weighted by Crippen LogP contribution is 2.35. The first-order valence-electron chi connectivity index (χ1n) is 21.8. The van der Waals surface area contributed by atoms with E-state index in [0.717, 1.165) is 75.7 Å². The number of rotatable bonds is 13. The molecule has 5 aromatic rings. The van der Waals surface area contributed by atoms with Crippen molar-refractivity contribution in [1.82, 2.24) is 14.9 Å². The van der Waals surface area contributed by atoms with Gasteiger partial charge in [-0.15, -0.1) is 0 Å². The van der Waals surface area contributed by atoms with Crippen molar-refractivity contribution in [2.75, 3.05) is 66.4 Å². The summed E-state index contributed by atoms with van der Waals surface area (Å²) < 4.78 is 17.6. The van der Waals surface area contributed by atoms with Crippen LogP contribution in [-0.2, 0) is 22.6 Å². The summed E-state index contributed by atoms with van der Waals surface area (Å²) in [5.74, 6) is 1.24. The van der Waals surface area contributed by atoms with Crippen molar-refractivity contribution in [2.45, 2.75) is 86.1 Å². The van der Waals surface area contributed by atoms with Gasteiger partial charge in [0.25, 0.3) is 5.91 Å². The zero-order chi connectivity index (χ0) is 43.8. The molecule has 2 aromatic heterocycles. The number of anilines is 4. The van der Waals surface area contributed by atoms with E-state index in [4.69, 9.17) is 24.2 Å². The van der Waals surface area contributed by atoms with E-state index in [1.54, 1.807) is 4.90 Å². The van der Waals surface area contributed by atoms with Crippen LogP contribution in [-0.4, -0.2) is 84.4 Å². The van der Waals surface area contributed by atoms with Gasteiger partial charge in [0.15, 0.2) is 0 Å². The number of para-hydroxylation sites is 2. The molecule has 62 heavy (non-hydrogen) atoms. The van der Waals surface area contributed by atoms with Crippen LogP contribution in [0.25, 0.3) is 11.1 Å². The lowest BCUT2D eigenvalue weighted by Crippen LogP contribution is -2.50. The Hall–Kier alpha value is -6.14. The molecule has 0 bridgehead atoms. The zero-order valence-corrected chi connectivity index (χ0v) is 37.3. The molecule has 4 heterocycles. The first kappa shape index (κ1) is 43.9. The van der Waals surface area contributed by atoms with Gasteiger partial charge in [0, 0.05) is 92.8 Å². The Balaban J connectivity index is 1.13. The SMILES string of the molecule is CCN(c1cc(-c2ccc(N3CCN(C(=O)OC(C)(C)C)CC3)nc2)cc(C(=O)Nc2ccccc2NCc2c(C)cc(C)nc2OCc2ccccc2)c1C)C1CCOCC1. The van der Waals surface area contributed by atoms with Crippen LogP contribution in [0.15, 0.2) is 91.1 Å². The highest BCUT2D eigenvalue weighted by atomic mass is 16.6. The summed E-state index contributed by atoms with van der Waals surface area (Å²) in [5.41, 5.74) is 9.26. The fraction of sp³-hybridized carbons (Fsp3) is 0.400. The lowest BCUT2D eigenvalue weighted by Gasteiger charge is -2.37. The van der Waals surface area contributed by atoms with Gasteiger partial charge in [0.1, 0.15) is 18.0 Å². The van der Waals surface area contributed by atoms with E-state index < -0.39 is 5.60 Å². The summed E-state index contributed by atoms with van der Waals surface area (Å²) in [6.45, 7) is 19.4. The quantitative estimate of drug-likeness (QED) is 0.119. The number of pyridine rings is 2. The van der Waals surface area contributed by atoms with Gasteiger partial charge in [-0.3, -0.25) is 4.79 Å². The number of carbonyl (C=O) groups excluding carboxylic acids is 2. The number of nitrogens with zero attached hydrogens (tertiary/aromatic N) is 5. The van der Waals surface area contributed by atoms with Gasteiger partial charge < -0.3 is 39.5 Å². The molecule has 0 aliphatic carbocycles. The second kappa shape index (κ2) is 19.7. The molecule has 7 rings (SSSR count). The minimum Gasteiger partial charge on any atom is -0.473 e. The predicted octanol–water partition coefficient (Wildman–Crippen LogP) is 9.57. The number of ether oxygens (including phenoxy) is 3. The van der Waals surface area contributed by atoms with Crippen molar-refractivity contribution < 1.29 is 23.8 Å². The van der Waals surface area contributed by atoms with Crippen molar-refractivity contribution in [3.8, 4) is 17.0 Å². The summed E-state index contributed by atoms with van der Waals surface area (Å²) in [5, 5.41) is 6.84. The molecule has 3 aromatic carbocycles. The fourth-order valence-electron chi connectivity index (χ4n) is 8.22. The summed E-state index contributed by atoms with van der Waals surface area (Å²) in [4.78, 5) is 43.3. The molecule has 2 aliphatic heterocycles. The summed E-state index contributed by atoms with van der Waals surface area (Å²) in [7, 11) is 0. The maximum absolute atomic E-state index is 14.6. The van der Waals surface area contributed by atoms with Crippen molar-refractivity contribution in [1.29, 1.82) is 0 Å². The van der Waals surface area contributed by atoms with Gasteiger partial charge >= 0.3 is 6.09 Å². The molecule has 0 radical (unpaired) electrons. The molecule has 12 nitrogen and oxygen atoms in total. The van der Waals surface area contributed by atoms with Gasteiger partial charge in [-0.05, 0) is 126 Å². The smallest absolute Gasteiger partial charge is 0.410 e. The molecule has 2 saturated heterocycles. The topological polar surface area (TPSA) is 121 Å². The van der Waals surface area contributed by atoms with E-state index in [2.05, 4.69) is 52.5 Å². The molecule has 2 aliphatic rings. The van der Waals surface area contributed by atoms with E-state index in [1.165, 1.54) is 0 Å². The number of hydrogen-bond acceptors (Lipinski definition) is 10. The van der Waals surface area contributed by atoms with Crippen molar-refractivity contribution >= 4 is 34.9 Å². The molecular formula is C50H61N7O5. The third-order valence-corrected chi connectivity index (χ3v) is 11.5. The highest BCUT2D eigenvalue weighted by Gasteiger charge is 2.28. The monoisotopic (exact) mass is 839 g/mol. The minimum absolute atomic E-state index is 0.199. The standard InChI is InChI=1S/C50H61N7O5/c1-8-57(40-20-26-60-27-21-40)45-30-39(38-18-19-46(52-31-38)55-22-24-56(25-23-55)49(59)62-50(5,6)7)29-41(36(45)4)47(58)54-44-17-13-12-16-43(44)51-32-42-34(2)28-35(3)53-48(42)61-33-37-14-10-9-11-15-37/h9-19,28-31,40,51H,8,20-27,32-33H2,1-7H3,(H,54,58). The predicted molar refractivity (Wildman–Crippen MR) is 247 cm³/mol. The van der Waals surface area contributed by atoms with Gasteiger partial charge in [0.05, 0.1) is 11.4 Å². The van der Waals surface area contributed by atoms with Crippen LogP contribution in [0.4, 0.5) is 27.7 Å². The number of nitrogens with one attached hydrogen (secondary N) is 2. The Labute approximate surface area is 366 Å². The van der Waals surface area contributed by atoms with Crippen LogP contribution in [0, 0.1) is 20.8 Å². The molecule has 0 atom stereocenters. The molecule has 2 N–H and O–H groups in total. The van der Waals surface area contributed by atoms with Gasteiger partial charge in [0.2, 0.25) is 5.88 Å². The van der Waals surface area contributed by atoms with Gasteiger partial charge in [-0.25, -0.2) is 14.8 Å². The normalized spacial score (nSPS) is 14.6. The van der Waals surface area contributed by atoms with Crippen molar-refractivity contribution in [3.63, 3.8) is 0 Å². The Morgan fingerprint density at radius 2 is 1.58 bits per heavy atom. The van der Waals surface area contributed by atoms with Gasteiger partial charge in [-0.1, -0.05) is 42.5 Å². The molecule has 326 valence electrons. The Morgan fingerprint density at radius 3 is 2.26 bits per heavy atom. The average Bonchev–Trinajstić information content (AvgIpc) is 3.27. The van der Waals surface area contributed by atoms with Gasteiger partial charge in [-0.2, -0.15) is 0 Å². The second-order valence-corrected chi connectivity index (χ2v) is 17.1. The number of aromatic nitrogens is 2. The zero-order valence-electron chi connectivity index (χ0n) is 37.3. The molecule has 2 fully saturated rings. The Kier molecular flexibility index (Phi) is 14.0. The number of carbonyl (C=O) groups is 2. The number of aryl methyl sites for hydroxylation is 2. The van der Waals surface area contributed by atoms with Crippen LogP contribution in [0.1, 0.15) is 78.8 Å². The fourth-order valence-corrected chi connectivity index (χ4v) is 8.22. The first-order valence-corrected chi connectivity index (χ1v) is 21.8. The van der Waals surface area contributed by atoms with E-state index in [1.807, 2.05) is 108 Å². The van der Waals surface area contributed by atoms with Crippen molar-refractivity contribution in [2.24, 2.45) is 0 Å². The lowest BCUT2D eigenvalue weighted by molar-refractivity contribution is 0.0240. The third kappa shape index (κ3) is 10.8. The number of piperazine rings is 1. The number of benzene rings is 3.